The summed E-state index contributed by atoms with van der Waals surface area (Å²) in [6.45, 7) is 13.0. The van der Waals surface area contributed by atoms with Crippen molar-refractivity contribution >= 4 is 82.5 Å². The number of nitrogens with one attached hydrogen (secondary N) is 8. The van der Waals surface area contributed by atoms with Gasteiger partial charge >= 0.3 is 0 Å². The number of amides is 12. The van der Waals surface area contributed by atoms with Crippen LogP contribution in [0, 0.1) is 11.8 Å². The van der Waals surface area contributed by atoms with Crippen LogP contribution >= 0.6 is 11.6 Å². The van der Waals surface area contributed by atoms with E-state index in [-0.39, 0.29) is 24.8 Å². The summed E-state index contributed by atoms with van der Waals surface area (Å²) in [5.74, 6) is -13.7. The number of nitrogens with zero attached hydrogens (tertiary/aromatic N) is 2. The number of halogens is 1. The van der Waals surface area contributed by atoms with Gasteiger partial charge in [-0.2, -0.15) is 0 Å². The smallest absolute Gasteiger partial charge is 0.268 e. The van der Waals surface area contributed by atoms with Crippen molar-refractivity contribution in [3.63, 3.8) is 0 Å². The van der Waals surface area contributed by atoms with Gasteiger partial charge in [0.2, 0.25) is 59.1 Å². The first-order valence-electron chi connectivity index (χ1n) is 28.8. The van der Waals surface area contributed by atoms with E-state index in [4.69, 9.17) is 27.8 Å². The van der Waals surface area contributed by atoms with Gasteiger partial charge in [-0.05, 0) is 85.0 Å². The Morgan fingerprint density at radius 1 is 0.702 bits per heavy atom. The molecule has 29 heteroatoms. The summed E-state index contributed by atoms with van der Waals surface area (Å²) in [6, 6.07) is -14.4. The van der Waals surface area contributed by atoms with Gasteiger partial charge in [0.1, 0.15) is 54.0 Å². The van der Waals surface area contributed by atoms with Crippen molar-refractivity contribution in [2.24, 2.45) is 23.3 Å². The third-order valence-corrected chi connectivity index (χ3v) is 15.6. The number of methoxy groups -OCH3 is 1. The molecule has 0 saturated carbocycles. The molecule has 28 nitrogen and oxygen atoms in total. The molecule has 2 saturated heterocycles. The molecule has 0 aromatic carbocycles. The van der Waals surface area contributed by atoms with Crippen LogP contribution in [0.1, 0.15) is 146 Å². The van der Waals surface area contributed by atoms with E-state index in [1.54, 1.807) is 20.8 Å². The van der Waals surface area contributed by atoms with Crippen LogP contribution in [0.25, 0.3) is 0 Å². The molecule has 476 valence electrons. The summed E-state index contributed by atoms with van der Waals surface area (Å²) in [7, 11) is 2.38. The summed E-state index contributed by atoms with van der Waals surface area (Å²) < 4.78 is 5.43. The van der Waals surface area contributed by atoms with Crippen molar-refractivity contribution in [2.45, 2.75) is 230 Å². The van der Waals surface area contributed by atoms with E-state index in [0.717, 1.165) is 68.2 Å². The number of hydrogen-bond acceptors (Lipinski definition) is 16. The Kier molecular flexibility index (Phi) is 31.3. The van der Waals surface area contributed by atoms with Crippen LogP contribution in [0.3, 0.4) is 0 Å². The fourth-order valence-corrected chi connectivity index (χ4v) is 9.81. The number of likely N-dealkylation sites (N-methyl/N-ethyl adjacent to an activating group) is 1. The number of primary amides is 2. The number of aliphatic hydroxyl groups excluding tert-OH is 3. The van der Waals surface area contributed by atoms with Crippen molar-refractivity contribution in [3.05, 3.63) is 11.8 Å². The largest absolute Gasteiger partial charge is 0.391 e. The van der Waals surface area contributed by atoms with Crippen molar-refractivity contribution in [1.29, 1.82) is 0 Å². The number of rotatable bonds is 20. The van der Waals surface area contributed by atoms with Crippen molar-refractivity contribution in [3.8, 4) is 0 Å². The number of carbonyl (C=O) groups excluding carboxylic acids is 12. The van der Waals surface area contributed by atoms with Crippen LogP contribution in [0.5, 0.6) is 0 Å². The highest BCUT2D eigenvalue weighted by molar-refractivity contribution is 6.20. The first-order valence-corrected chi connectivity index (χ1v) is 29.2. The fourth-order valence-electron chi connectivity index (χ4n) is 9.66. The second-order valence-corrected chi connectivity index (χ2v) is 22.8. The summed E-state index contributed by atoms with van der Waals surface area (Å²) >= 11 is 6.30. The SMILES string of the molecule is CC=C1NC(=O)[C@H](C(C)C)NC(=O)[C@H](O)[C@@H]([C@@H](C)CCCCCCCC(Cl)CC)NC(=O)[C@@H]2CCCN2C(=O)[C@H](CC(N)=O)N(C)C(=O)[C@H]([C@@H](C)OC)NC(=O)[C@@H](C)NC(=O)[C@H](CCC(N)=O)NC(=O)[C@H]([C@@H](C)O)NC(=O)[C@H]([C@@H](C)O)NC1=O. The molecule has 15 N–H and O–H groups in total. The molecule has 1 unspecified atom stereocenters. The van der Waals surface area contributed by atoms with E-state index >= 15 is 0 Å². The zero-order chi connectivity index (χ0) is 63.9. The van der Waals surface area contributed by atoms with E-state index in [0.29, 0.717) is 12.8 Å². The monoisotopic (exact) mass is 1210 g/mol. The number of aliphatic hydroxyl groups is 3. The molecule has 2 aliphatic heterocycles. The molecule has 0 bridgehead atoms. The Morgan fingerprint density at radius 2 is 1.26 bits per heavy atom. The van der Waals surface area contributed by atoms with Crippen LogP contribution in [0.4, 0.5) is 0 Å². The van der Waals surface area contributed by atoms with Gasteiger partial charge < -0.3 is 83.9 Å². The number of carbonyl (C=O) groups is 12. The predicted molar refractivity (Wildman–Crippen MR) is 307 cm³/mol. The Labute approximate surface area is 496 Å². The first-order chi connectivity index (χ1) is 39.3. The number of alkyl halides is 1. The van der Waals surface area contributed by atoms with Gasteiger partial charge in [-0.3, -0.25) is 57.5 Å². The Balaban J connectivity index is 2.82. The number of ether oxygens (including phenoxy) is 1. The third-order valence-electron chi connectivity index (χ3n) is 15.1. The highest BCUT2D eigenvalue weighted by Gasteiger charge is 2.45. The quantitative estimate of drug-likeness (QED) is 0.0343. The Hall–Kier alpha value is -6.49. The molecule has 15 atom stereocenters. The zero-order valence-corrected chi connectivity index (χ0v) is 51.0. The Bertz CT molecular complexity index is 2340. The van der Waals surface area contributed by atoms with E-state index in [9.17, 15) is 72.9 Å². The molecule has 0 aromatic rings. The molecular weight excluding hydrogens is 1120 g/mol. The molecule has 2 rings (SSSR count). The van der Waals surface area contributed by atoms with Crippen molar-refractivity contribution < 1.29 is 77.6 Å². The second kappa shape index (κ2) is 35.7. The fraction of sp³-hybridized carbons (Fsp3) is 0.745. The topological polar surface area (TPSA) is 430 Å². The van der Waals surface area contributed by atoms with Crippen LogP contribution in [-0.2, 0) is 62.3 Å². The molecular formula is C55H93ClN12O16. The summed E-state index contributed by atoms with van der Waals surface area (Å²) in [4.78, 5) is 168. The zero-order valence-electron chi connectivity index (χ0n) is 50.3. The number of hydrogen-bond donors (Lipinski definition) is 13. The lowest BCUT2D eigenvalue weighted by atomic mass is 9.90. The minimum atomic E-state index is -2.02. The van der Waals surface area contributed by atoms with Gasteiger partial charge in [-0.15, -0.1) is 11.6 Å². The molecule has 0 aromatic heterocycles. The highest BCUT2D eigenvalue weighted by Crippen LogP contribution is 2.25. The summed E-state index contributed by atoms with van der Waals surface area (Å²) in [5.41, 5.74) is 10.5. The highest BCUT2D eigenvalue weighted by atomic mass is 35.5. The number of nitrogens with two attached hydrogens (primary N) is 2. The average molecular weight is 1210 g/mol. The molecule has 84 heavy (non-hydrogen) atoms. The predicted octanol–water partition coefficient (Wildman–Crippen LogP) is -2.41. The molecule has 2 fully saturated rings. The van der Waals surface area contributed by atoms with Crippen molar-refractivity contribution in [2.75, 3.05) is 20.7 Å². The lowest BCUT2D eigenvalue weighted by Crippen LogP contribution is -2.63. The van der Waals surface area contributed by atoms with E-state index in [1.807, 2.05) is 6.92 Å². The molecule has 2 aliphatic rings. The van der Waals surface area contributed by atoms with Gasteiger partial charge in [0, 0.05) is 32.5 Å². The number of fused-ring (bicyclic) bond motifs is 1. The second-order valence-electron chi connectivity index (χ2n) is 22.2. The van der Waals surface area contributed by atoms with Gasteiger partial charge in [0.15, 0.2) is 6.10 Å². The van der Waals surface area contributed by atoms with Gasteiger partial charge in [-0.1, -0.05) is 65.9 Å². The summed E-state index contributed by atoms with van der Waals surface area (Å²) in [5, 5.41) is 52.9. The van der Waals surface area contributed by atoms with Crippen LogP contribution in [0.2, 0.25) is 0 Å². The molecule has 0 radical (unpaired) electrons. The Morgan fingerprint density at radius 3 is 1.81 bits per heavy atom. The van der Waals surface area contributed by atoms with E-state index in [2.05, 4.69) is 42.5 Å². The first kappa shape index (κ1) is 73.6. The molecule has 0 aliphatic carbocycles. The average Bonchev–Trinajstić information content (AvgIpc) is 3.87. The van der Waals surface area contributed by atoms with Gasteiger partial charge in [0.25, 0.3) is 11.8 Å². The molecule has 2 heterocycles. The lowest BCUT2D eigenvalue weighted by Gasteiger charge is -2.36. The van der Waals surface area contributed by atoms with Gasteiger partial charge in [-0.25, -0.2) is 0 Å². The minimum Gasteiger partial charge on any atom is -0.391 e. The molecule has 0 spiro atoms. The van der Waals surface area contributed by atoms with E-state index in [1.165, 1.54) is 34.9 Å². The molecule has 12 amide bonds. The van der Waals surface area contributed by atoms with Gasteiger partial charge in [0.05, 0.1) is 30.8 Å². The maximum absolute atomic E-state index is 14.7. The summed E-state index contributed by atoms with van der Waals surface area (Å²) in [6.07, 6.45) is -0.653. The standard InChI is InChI=1S/C55H93ClN12O16/c1-12-33(56)21-18-16-14-15-17-20-28(5)41-45(73)53(81)62-40(27(3)4)50(78)60-34(13-2)47(75)64-43(31(8)70)52(80)65-42(30(7)69)51(79)61-35(23-24-38(57)71)48(76)59-29(6)46(74)66-44(32(9)84-11)55(83)67(10)37(26-39(58)72)54(82)68-25-19-22-36(68)49(77)63-41/h13,27-33,35-37,40-45,69-70,73H,12,14-26H2,1-11H3,(H2,57,71)(H2,58,72)(H,59,76)(H,60,78)(H,61,79)(H,62,81)(H,63,77)(H,64,75)(H,65,80)(H,66,74)/t28-,29+,30+,31+,32+,33?,35-,36-,37-,40-,41+,42-,43-,44-,45+/m0/s1. The van der Waals surface area contributed by atoms with Crippen LogP contribution in [0.15, 0.2) is 11.8 Å². The maximum Gasteiger partial charge on any atom is 0.268 e. The number of unbranched alkanes of at least 4 members (excludes halogenated alkanes) is 4. The maximum atomic E-state index is 14.7. The van der Waals surface area contributed by atoms with E-state index < -0.39 is 186 Å². The van der Waals surface area contributed by atoms with Crippen LogP contribution < -0.4 is 54.0 Å². The normalized spacial score (nSPS) is 28.0. The van der Waals surface area contributed by atoms with Crippen molar-refractivity contribution in [1.82, 2.24) is 52.3 Å². The number of allylic oxidation sites excluding steroid dienone is 1. The van der Waals surface area contributed by atoms with Crippen LogP contribution in [-0.4, -0.2) is 201 Å². The third kappa shape index (κ3) is 22.5. The minimum absolute atomic E-state index is 0.0451. The lowest BCUT2D eigenvalue weighted by molar-refractivity contribution is -0.151.